The van der Waals surface area contributed by atoms with Crippen molar-refractivity contribution in [3.63, 3.8) is 0 Å². The normalized spacial score (nSPS) is 17.6. The Morgan fingerprint density at radius 2 is 2.19 bits per heavy atom. The summed E-state index contributed by atoms with van der Waals surface area (Å²) >= 11 is 0. The highest BCUT2D eigenvalue weighted by Crippen LogP contribution is 2.14. The van der Waals surface area contributed by atoms with E-state index in [-0.39, 0.29) is 24.5 Å². The molecule has 1 rings (SSSR count). The van der Waals surface area contributed by atoms with Crippen molar-refractivity contribution in [1.82, 2.24) is 10.6 Å². The molecule has 0 bridgehead atoms. The van der Waals surface area contributed by atoms with Crippen molar-refractivity contribution in [2.24, 2.45) is 0 Å². The number of hydrogen-bond acceptors (Lipinski definition) is 4. The number of aliphatic carboxylic acids is 1. The second-order valence-corrected chi connectivity index (χ2v) is 4.19. The van der Waals surface area contributed by atoms with Gasteiger partial charge in [0, 0.05) is 26.1 Å². The first-order valence-corrected chi connectivity index (χ1v) is 5.35. The Balaban J connectivity index is 2.00. The minimum atomic E-state index is -0.849. The minimum Gasteiger partial charge on any atom is -0.481 e. The zero-order valence-electron chi connectivity index (χ0n) is 9.41. The van der Waals surface area contributed by atoms with Gasteiger partial charge in [0.25, 0.3) is 0 Å². The van der Waals surface area contributed by atoms with E-state index >= 15 is 0 Å². The molecule has 0 aliphatic carbocycles. The average Bonchev–Trinajstić information content (AvgIpc) is 2.18. The van der Waals surface area contributed by atoms with E-state index in [0.29, 0.717) is 13.0 Å². The molecule has 0 aromatic rings. The number of carboxylic acids is 1. The summed E-state index contributed by atoms with van der Waals surface area (Å²) in [6.07, 6.45) is 0.517. The van der Waals surface area contributed by atoms with E-state index in [0.717, 1.165) is 13.1 Å². The highest BCUT2D eigenvalue weighted by atomic mass is 16.5. The fraction of sp³-hybridized carbons (Fsp3) is 0.800. The summed E-state index contributed by atoms with van der Waals surface area (Å²) in [5.41, 5.74) is -0.224. The molecule has 0 atom stereocenters. The first-order chi connectivity index (χ1) is 7.52. The maximum atomic E-state index is 11.3. The molecule has 1 amide bonds. The van der Waals surface area contributed by atoms with Crippen LogP contribution in [0.3, 0.4) is 0 Å². The lowest BCUT2D eigenvalue weighted by Gasteiger charge is -2.38. The zero-order chi connectivity index (χ0) is 12.0. The summed E-state index contributed by atoms with van der Waals surface area (Å²) in [5.74, 6) is -1.04. The number of rotatable bonds is 7. The number of carboxylic acid groups (broad SMARTS) is 1. The molecule has 0 aromatic carbocycles. The maximum absolute atomic E-state index is 11.3. The smallest absolute Gasteiger partial charge is 0.303 e. The number of hydrogen-bond donors (Lipinski definition) is 3. The SMILES string of the molecule is CC1(OCC(=O)NCCCC(=O)O)CNC1. The Bertz CT molecular complexity index is 264. The molecule has 1 fully saturated rings. The van der Waals surface area contributed by atoms with E-state index in [1.165, 1.54) is 0 Å². The molecule has 1 aliphatic rings. The van der Waals surface area contributed by atoms with Crippen molar-refractivity contribution in [2.75, 3.05) is 26.2 Å². The van der Waals surface area contributed by atoms with Crippen LogP contribution in [-0.4, -0.2) is 48.8 Å². The third-order valence-electron chi connectivity index (χ3n) is 2.44. The van der Waals surface area contributed by atoms with Crippen LogP contribution in [0.1, 0.15) is 19.8 Å². The van der Waals surface area contributed by atoms with Crippen LogP contribution in [0.15, 0.2) is 0 Å². The summed E-state index contributed by atoms with van der Waals surface area (Å²) in [4.78, 5) is 21.5. The van der Waals surface area contributed by atoms with Gasteiger partial charge in [0.05, 0.1) is 5.60 Å². The van der Waals surface area contributed by atoms with Crippen LogP contribution in [0.25, 0.3) is 0 Å². The van der Waals surface area contributed by atoms with E-state index in [1.807, 2.05) is 6.92 Å². The van der Waals surface area contributed by atoms with Gasteiger partial charge in [-0.2, -0.15) is 0 Å². The fourth-order valence-electron chi connectivity index (χ4n) is 1.34. The molecule has 92 valence electrons. The van der Waals surface area contributed by atoms with Gasteiger partial charge < -0.3 is 20.5 Å². The van der Waals surface area contributed by atoms with Gasteiger partial charge >= 0.3 is 5.97 Å². The van der Waals surface area contributed by atoms with Crippen LogP contribution in [0, 0.1) is 0 Å². The van der Waals surface area contributed by atoms with E-state index in [1.54, 1.807) is 0 Å². The number of carbonyl (C=O) groups excluding carboxylic acids is 1. The van der Waals surface area contributed by atoms with Crippen LogP contribution in [0.4, 0.5) is 0 Å². The number of amides is 1. The van der Waals surface area contributed by atoms with Gasteiger partial charge in [-0.15, -0.1) is 0 Å². The minimum absolute atomic E-state index is 0.0330. The van der Waals surface area contributed by atoms with Crippen molar-refractivity contribution >= 4 is 11.9 Å². The van der Waals surface area contributed by atoms with E-state index in [4.69, 9.17) is 9.84 Å². The Kier molecular flexibility index (Phi) is 4.70. The van der Waals surface area contributed by atoms with Gasteiger partial charge in [0.1, 0.15) is 6.61 Å². The fourth-order valence-corrected chi connectivity index (χ4v) is 1.34. The Morgan fingerprint density at radius 1 is 1.50 bits per heavy atom. The lowest BCUT2D eigenvalue weighted by atomic mass is 10.0. The van der Waals surface area contributed by atoms with Gasteiger partial charge in [-0.1, -0.05) is 0 Å². The van der Waals surface area contributed by atoms with Gasteiger partial charge in [-0.25, -0.2) is 0 Å². The molecule has 0 radical (unpaired) electrons. The molecule has 1 saturated heterocycles. The molecule has 0 spiro atoms. The van der Waals surface area contributed by atoms with Crippen molar-refractivity contribution in [3.8, 4) is 0 Å². The summed E-state index contributed by atoms with van der Waals surface area (Å²) in [7, 11) is 0. The van der Waals surface area contributed by atoms with Crippen LogP contribution >= 0.6 is 0 Å². The van der Waals surface area contributed by atoms with E-state index in [2.05, 4.69) is 10.6 Å². The second kappa shape index (κ2) is 5.81. The third-order valence-corrected chi connectivity index (χ3v) is 2.44. The Morgan fingerprint density at radius 3 is 2.69 bits per heavy atom. The molecular formula is C10H18N2O4. The van der Waals surface area contributed by atoms with Gasteiger partial charge in [-0.3, -0.25) is 9.59 Å². The van der Waals surface area contributed by atoms with Gasteiger partial charge in [-0.05, 0) is 13.3 Å². The molecule has 1 heterocycles. The second-order valence-electron chi connectivity index (χ2n) is 4.19. The molecule has 16 heavy (non-hydrogen) atoms. The molecule has 1 aliphatic heterocycles. The maximum Gasteiger partial charge on any atom is 0.303 e. The van der Waals surface area contributed by atoms with Crippen LogP contribution in [0.2, 0.25) is 0 Å². The zero-order valence-corrected chi connectivity index (χ0v) is 9.41. The molecule has 0 saturated carbocycles. The van der Waals surface area contributed by atoms with Crippen LogP contribution in [-0.2, 0) is 14.3 Å². The van der Waals surface area contributed by atoms with E-state index in [9.17, 15) is 9.59 Å². The Labute approximate surface area is 94.3 Å². The third kappa shape index (κ3) is 4.59. The Hall–Kier alpha value is -1.14. The topological polar surface area (TPSA) is 87.7 Å². The molecule has 6 nitrogen and oxygen atoms in total. The van der Waals surface area contributed by atoms with E-state index < -0.39 is 5.97 Å². The van der Waals surface area contributed by atoms with Crippen LogP contribution in [0.5, 0.6) is 0 Å². The molecular weight excluding hydrogens is 212 g/mol. The monoisotopic (exact) mass is 230 g/mol. The standard InChI is InChI=1S/C10H18N2O4/c1-10(6-11-7-10)16-5-8(13)12-4-2-3-9(14)15/h11H,2-7H2,1H3,(H,12,13)(H,14,15). The lowest BCUT2D eigenvalue weighted by molar-refractivity contribution is -0.138. The highest BCUT2D eigenvalue weighted by Gasteiger charge is 2.32. The van der Waals surface area contributed by atoms with Gasteiger partial charge in [0.2, 0.25) is 5.91 Å². The van der Waals surface area contributed by atoms with Gasteiger partial charge in [0.15, 0.2) is 0 Å². The number of nitrogens with one attached hydrogen (secondary N) is 2. The van der Waals surface area contributed by atoms with Crippen molar-refractivity contribution in [2.45, 2.75) is 25.4 Å². The number of carbonyl (C=O) groups is 2. The first-order valence-electron chi connectivity index (χ1n) is 5.35. The van der Waals surface area contributed by atoms with Crippen molar-refractivity contribution in [3.05, 3.63) is 0 Å². The molecule has 3 N–H and O–H groups in total. The van der Waals surface area contributed by atoms with Crippen molar-refractivity contribution in [1.29, 1.82) is 0 Å². The lowest BCUT2D eigenvalue weighted by Crippen LogP contribution is -2.59. The predicted molar refractivity (Wildman–Crippen MR) is 57.1 cm³/mol. The average molecular weight is 230 g/mol. The molecule has 6 heteroatoms. The number of ether oxygens (including phenoxy) is 1. The van der Waals surface area contributed by atoms with Crippen molar-refractivity contribution < 1.29 is 19.4 Å². The first kappa shape index (κ1) is 12.9. The highest BCUT2D eigenvalue weighted by molar-refractivity contribution is 5.77. The van der Waals surface area contributed by atoms with Crippen LogP contribution < -0.4 is 10.6 Å². The molecule has 0 unspecified atom stereocenters. The predicted octanol–water partition coefficient (Wildman–Crippen LogP) is -0.654. The molecule has 0 aromatic heterocycles. The summed E-state index contributed by atoms with van der Waals surface area (Å²) in [6.45, 7) is 3.88. The summed E-state index contributed by atoms with van der Waals surface area (Å²) in [5, 5.41) is 14.1. The summed E-state index contributed by atoms with van der Waals surface area (Å²) < 4.78 is 5.41. The summed E-state index contributed by atoms with van der Waals surface area (Å²) in [6, 6.07) is 0. The largest absolute Gasteiger partial charge is 0.481 e. The quantitative estimate of drug-likeness (QED) is 0.506.